The minimum absolute atomic E-state index is 0.165. The Hall–Kier alpha value is -2.23. The average Bonchev–Trinajstić information content (AvgIpc) is 2.46. The number of carbonyl (C=O) groups excluding carboxylic acids is 1. The van der Waals surface area contributed by atoms with Gasteiger partial charge in [0.1, 0.15) is 10.6 Å². The average molecular weight is 334 g/mol. The van der Waals surface area contributed by atoms with Gasteiger partial charge in [0, 0.05) is 11.8 Å². The number of amides is 1. The number of alkyl halides is 3. The SMILES string of the molecule is O=C(Nc1ccccc1[N+](=O)[O-])C1=C(C(F)(F)F)OCCS1. The first-order chi connectivity index (χ1) is 10.3. The molecule has 0 spiro atoms. The number of nitro benzene ring substituents is 1. The van der Waals surface area contributed by atoms with E-state index in [-0.39, 0.29) is 18.0 Å². The van der Waals surface area contributed by atoms with E-state index >= 15 is 0 Å². The van der Waals surface area contributed by atoms with Crippen molar-refractivity contribution < 1.29 is 27.6 Å². The van der Waals surface area contributed by atoms with Crippen LogP contribution in [-0.2, 0) is 9.53 Å². The molecule has 118 valence electrons. The number of hydrogen-bond acceptors (Lipinski definition) is 5. The van der Waals surface area contributed by atoms with Gasteiger partial charge in [-0.3, -0.25) is 14.9 Å². The molecule has 22 heavy (non-hydrogen) atoms. The standard InChI is InChI=1S/C12H9F3N2O4S/c13-12(14,15)10-9(22-6-5-21-10)11(18)16-7-3-1-2-4-8(7)17(19)20/h1-4H,5-6H2,(H,16,18). The van der Waals surface area contributed by atoms with Gasteiger partial charge in [0.15, 0.2) is 0 Å². The first-order valence-electron chi connectivity index (χ1n) is 5.92. The van der Waals surface area contributed by atoms with Crippen LogP contribution in [0, 0.1) is 10.1 Å². The van der Waals surface area contributed by atoms with Gasteiger partial charge in [-0.15, -0.1) is 11.8 Å². The third-order valence-electron chi connectivity index (χ3n) is 2.60. The van der Waals surface area contributed by atoms with Crippen LogP contribution in [0.25, 0.3) is 0 Å². The monoisotopic (exact) mass is 334 g/mol. The number of nitro groups is 1. The van der Waals surface area contributed by atoms with Gasteiger partial charge in [0.05, 0.1) is 11.5 Å². The summed E-state index contributed by atoms with van der Waals surface area (Å²) in [7, 11) is 0. The van der Waals surface area contributed by atoms with Crippen LogP contribution < -0.4 is 5.32 Å². The number of halogens is 3. The van der Waals surface area contributed by atoms with Crippen molar-refractivity contribution >= 4 is 29.0 Å². The van der Waals surface area contributed by atoms with Crippen molar-refractivity contribution in [3.05, 3.63) is 45.0 Å². The predicted octanol–water partition coefficient (Wildman–Crippen LogP) is 3.07. The molecule has 1 aromatic rings. The smallest absolute Gasteiger partial charge is 0.450 e. The zero-order chi connectivity index (χ0) is 16.3. The third kappa shape index (κ3) is 3.50. The molecular weight excluding hydrogens is 325 g/mol. The maximum Gasteiger partial charge on any atom is 0.450 e. The van der Waals surface area contributed by atoms with Crippen molar-refractivity contribution in [3.63, 3.8) is 0 Å². The first kappa shape index (κ1) is 16.1. The van der Waals surface area contributed by atoms with Crippen molar-refractivity contribution in [2.45, 2.75) is 6.18 Å². The van der Waals surface area contributed by atoms with Crippen molar-refractivity contribution in [2.24, 2.45) is 0 Å². The van der Waals surface area contributed by atoms with E-state index in [1.165, 1.54) is 18.2 Å². The first-order valence-corrected chi connectivity index (χ1v) is 6.91. The van der Waals surface area contributed by atoms with Gasteiger partial charge in [0.2, 0.25) is 5.76 Å². The Morgan fingerprint density at radius 2 is 2.05 bits per heavy atom. The molecule has 1 N–H and O–H groups in total. The highest BCUT2D eigenvalue weighted by Gasteiger charge is 2.42. The summed E-state index contributed by atoms with van der Waals surface area (Å²) in [6.07, 6.45) is -4.80. The van der Waals surface area contributed by atoms with E-state index in [1.54, 1.807) is 0 Å². The predicted molar refractivity (Wildman–Crippen MR) is 73.2 cm³/mol. The molecule has 0 fully saturated rings. The highest BCUT2D eigenvalue weighted by Crippen LogP contribution is 2.37. The summed E-state index contributed by atoms with van der Waals surface area (Å²) in [6, 6.07) is 5.18. The van der Waals surface area contributed by atoms with Gasteiger partial charge in [-0.05, 0) is 6.07 Å². The number of para-hydroxylation sites is 2. The number of benzene rings is 1. The number of carbonyl (C=O) groups is 1. The molecule has 0 unspecified atom stereocenters. The normalized spacial score (nSPS) is 15.2. The topological polar surface area (TPSA) is 81.5 Å². The molecule has 0 aliphatic carbocycles. The molecule has 1 aliphatic rings. The molecule has 1 amide bonds. The summed E-state index contributed by atoms with van der Waals surface area (Å²) in [4.78, 5) is 21.5. The zero-order valence-corrected chi connectivity index (χ0v) is 11.7. The molecule has 0 atom stereocenters. The quantitative estimate of drug-likeness (QED) is 0.679. The molecule has 0 aromatic heterocycles. The highest BCUT2D eigenvalue weighted by atomic mass is 32.2. The Balaban J connectivity index is 2.32. The lowest BCUT2D eigenvalue weighted by Gasteiger charge is -2.21. The van der Waals surface area contributed by atoms with Crippen LogP contribution in [-0.4, -0.2) is 29.4 Å². The summed E-state index contributed by atoms with van der Waals surface area (Å²) in [5.74, 6) is -2.29. The Morgan fingerprint density at radius 1 is 1.36 bits per heavy atom. The molecule has 0 saturated carbocycles. The van der Waals surface area contributed by atoms with Crippen LogP contribution >= 0.6 is 11.8 Å². The second kappa shape index (κ2) is 6.26. The second-order valence-electron chi connectivity index (χ2n) is 4.08. The van der Waals surface area contributed by atoms with Crippen molar-refractivity contribution in [1.29, 1.82) is 0 Å². The van der Waals surface area contributed by atoms with Crippen molar-refractivity contribution in [2.75, 3.05) is 17.7 Å². The number of hydrogen-bond donors (Lipinski definition) is 1. The molecular formula is C12H9F3N2O4S. The Bertz CT molecular complexity index is 646. The van der Waals surface area contributed by atoms with Crippen LogP contribution in [0.2, 0.25) is 0 Å². The Kier molecular flexibility index (Phi) is 4.59. The Labute approximate surface area is 126 Å². The molecule has 1 aromatic carbocycles. The largest absolute Gasteiger partial charge is 0.487 e. The number of nitrogens with one attached hydrogen (secondary N) is 1. The van der Waals surface area contributed by atoms with Gasteiger partial charge >= 0.3 is 6.18 Å². The second-order valence-corrected chi connectivity index (χ2v) is 5.19. The number of ether oxygens (including phenoxy) is 1. The lowest BCUT2D eigenvalue weighted by Crippen LogP contribution is -2.26. The molecule has 6 nitrogen and oxygen atoms in total. The van der Waals surface area contributed by atoms with Crippen molar-refractivity contribution in [3.8, 4) is 0 Å². The Morgan fingerprint density at radius 3 is 2.68 bits per heavy atom. The van der Waals surface area contributed by atoms with E-state index in [4.69, 9.17) is 0 Å². The van der Waals surface area contributed by atoms with Crippen LogP contribution in [0.15, 0.2) is 34.9 Å². The molecule has 0 saturated heterocycles. The van der Waals surface area contributed by atoms with Crippen LogP contribution in [0.1, 0.15) is 0 Å². The number of nitrogens with zero attached hydrogens (tertiary/aromatic N) is 1. The summed E-state index contributed by atoms with van der Waals surface area (Å²) in [5.41, 5.74) is -0.593. The van der Waals surface area contributed by atoms with Gasteiger partial charge in [-0.2, -0.15) is 13.2 Å². The number of rotatable bonds is 3. The lowest BCUT2D eigenvalue weighted by atomic mass is 10.2. The molecule has 1 heterocycles. The van der Waals surface area contributed by atoms with E-state index in [1.807, 2.05) is 0 Å². The zero-order valence-electron chi connectivity index (χ0n) is 10.8. The highest BCUT2D eigenvalue weighted by molar-refractivity contribution is 8.04. The molecule has 10 heteroatoms. The van der Waals surface area contributed by atoms with Gasteiger partial charge in [-0.1, -0.05) is 12.1 Å². The molecule has 0 bridgehead atoms. The number of anilines is 1. The van der Waals surface area contributed by atoms with Gasteiger partial charge in [0.25, 0.3) is 11.6 Å². The number of thioether (sulfide) groups is 1. The van der Waals surface area contributed by atoms with Crippen LogP contribution in [0.3, 0.4) is 0 Å². The van der Waals surface area contributed by atoms with E-state index in [0.717, 1.165) is 6.07 Å². The maximum atomic E-state index is 12.8. The molecule has 1 aliphatic heterocycles. The molecule has 0 radical (unpaired) electrons. The minimum atomic E-state index is -4.80. The number of allylic oxidation sites excluding steroid dienone is 1. The summed E-state index contributed by atoms with van der Waals surface area (Å²) < 4.78 is 43.0. The van der Waals surface area contributed by atoms with E-state index in [2.05, 4.69) is 10.1 Å². The van der Waals surface area contributed by atoms with Gasteiger partial charge in [-0.25, -0.2) is 0 Å². The summed E-state index contributed by atoms with van der Waals surface area (Å²) >= 11 is 0.693. The minimum Gasteiger partial charge on any atom is -0.487 e. The van der Waals surface area contributed by atoms with E-state index in [9.17, 15) is 28.1 Å². The fourth-order valence-corrected chi connectivity index (χ4v) is 2.57. The maximum absolute atomic E-state index is 12.8. The van der Waals surface area contributed by atoms with Crippen molar-refractivity contribution in [1.82, 2.24) is 0 Å². The lowest BCUT2D eigenvalue weighted by molar-refractivity contribution is -0.383. The fraction of sp³-hybridized carbons (Fsp3) is 0.250. The van der Waals surface area contributed by atoms with Crippen LogP contribution in [0.4, 0.5) is 24.5 Å². The van der Waals surface area contributed by atoms with Gasteiger partial charge < -0.3 is 10.1 Å². The summed E-state index contributed by atoms with van der Waals surface area (Å²) in [6.45, 7) is -0.165. The van der Waals surface area contributed by atoms with Crippen LogP contribution in [0.5, 0.6) is 0 Å². The van der Waals surface area contributed by atoms with E-state index in [0.29, 0.717) is 11.8 Å². The summed E-state index contributed by atoms with van der Waals surface area (Å²) in [5, 5.41) is 13.0. The third-order valence-corrected chi connectivity index (χ3v) is 3.63. The van der Waals surface area contributed by atoms with E-state index < -0.39 is 33.4 Å². The fourth-order valence-electron chi connectivity index (χ4n) is 1.72. The molecule has 2 rings (SSSR count).